The van der Waals surface area contributed by atoms with Gasteiger partial charge in [-0.1, -0.05) is 24.3 Å². The van der Waals surface area contributed by atoms with E-state index in [4.69, 9.17) is 4.74 Å². The van der Waals surface area contributed by atoms with Gasteiger partial charge in [0, 0.05) is 42.0 Å². The van der Waals surface area contributed by atoms with Crippen LogP contribution >= 0.6 is 11.3 Å². The molecule has 2 heterocycles. The first-order chi connectivity index (χ1) is 14.9. The van der Waals surface area contributed by atoms with E-state index in [2.05, 4.69) is 69.8 Å². The van der Waals surface area contributed by atoms with Crippen LogP contribution in [-0.2, 0) is 6.42 Å². The number of benzene rings is 2. The second-order valence-electron chi connectivity index (χ2n) is 8.30. The molecule has 0 atom stereocenters. The molecule has 2 aromatic carbocycles. The molecular formula is C26H30N2OS. The highest BCUT2D eigenvalue weighted by molar-refractivity contribution is 7.17. The second kappa shape index (κ2) is 9.23. The van der Waals surface area contributed by atoms with Crippen molar-refractivity contribution >= 4 is 33.2 Å². The number of rotatable bonds is 7. The van der Waals surface area contributed by atoms with E-state index in [1.165, 1.54) is 39.9 Å². The average molecular weight is 419 g/mol. The Balaban J connectivity index is 1.03. The number of fused-ring (bicyclic) bond motifs is 2. The number of hydrogen-bond donors (Lipinski definition) is 0. The van der Waals surface area contributed by atoms with Crippen molar-refractivity contribution in [2.75, 3.05) is 44.2 Å². The summed E-state index contributed by atoms with van der Waals surface area (Å²) < 4.78 is 7.41. The van der Waals surface area contributed by atoms with E-state index in [9.17, 15) is 0 Å². The molecule has 30 heavy (non-hydrogen) atoms. The number of allylic oxidation sites excluding steroid dienone is 1. The third kappa shape index (κ3) is 4.40. The fourth-order valence-electron chi connectivity index (χ4n) is 4.59. The predicted octanol–water partition coefficient (Wildman–Crippen LogP) is 5.84. The van der Waals surface area contributed by atoms with Gasteiger partial charge in [0.15, 0.2) is 0 Å². The Labute approximate surface area is 183 Å². The van der Waals surface area contributed by atoms with Crippen LogP contribution in [0.1, 0.15) is 30.4 Å². The first kappa shape index (κ1) is 19.7. The molecule has 1 fully saturated rings. The smallest absolute Gasteiger partial charge is 0.119 e. The summed E-state index contributed by atoms with van der Waals surface area (Å²) in [4.78, 5) is 5.16. The van der Waals surface area contributed by atoms with Crippen LogP contribution in [0, 0.1) is 0 Å². The highest BCUT2D eigenvalue weighted by atomic mass is 32.1. The lowest BCUT2D eigenvalue weighted by atomic mass is 9.97. The molecule has 0 N–H and O–H groups in total. The maximum atomic E-state index is 6.02. The molecule has 5 rings (SSSR count). The number of nitrogens with zero attached hydrogens (tertiary/aromatic N) is 2. The number of hydrogen-bond acceptors (Lipinski definition) is 4. The van der Waals surface area contributed by atoms with E-state index in [-0.39, 0.29) is 0 Å². The first-order valence-electron chi connectivity index (χ1n) is 11.2. The molecule has 1 aliphatic carbocycles. The molecular weight excluding hydrogens is 388 g/mol. The van der Waals surface area contributed by atoms with Crippen LogP contribution in [0.5, 0.6) is 5.75 Å². The Morgan fingerprint density at radius 2 is 1.90 bits per heavy atom. The van der Waals surface area contributed by atoms with Crippen molar-refractivity contribution < 1.29 is 4.74 Å². The van der Waals surface area contributed by atoms with E-state index >= 15 is 0 Å². The molecule has 0 spiro atoms. The van der Waals surface area contributed by atoms with Gasteiger partial charge in [0.2, 0.25) is 0 Å². The van der Waals surface area contributed by atoms with Crippen LogP contribution in [0.4, 0.5) is 5.69 Å². The van der Waals surface area contributed by atoms with Crippen molar-refractivity contribution in [1.29, 1.82) is 0 Å². The summed E-state index contributed by atoms with van der Waals surface area (Å²) in [6.07, 6.45) is 9.08. The lowest BCUT2D eigenvalue weighted by Gasteiger charge is -2.36. The molecule has 1 aliphatic heterocycles. The topological polar surface area (TPSA) is 15.7 Å². The molecule has 0 amide bonds. The van der Waals surface area contributed by atoms with Crippen molar-refractivity contribution in [2.24, 2.45) is 0 Å². The third-order valence-corrected chi connectivity index (χ3v) is 7.20. The minimum absolute atomic E-state index is 0.814. The van der Waals surface area contributed by atoms with E-state index in [1.54, 1.807) is 0 Å². The van der Waals surface area contributed by atoms with Crippen LogP contribution in [0.25, 0.3) is 16.2 Å². The predicted molar refractivity (Wildman–Crippen MR) is 129 cm³/mol. The van der Waals surface area contributed by atoms with Crippen molar-refractivity contribution in [3.05, 3.63) is 65.0 Å². The lowest BCUT2D eigenvalue weighted by Crippen LogP contribution is -2.46. The normalized spacial score (nSPS) is 16.7. The van der Waals surface area contributed by atoms with Crippen molar-refractivity contribution in [1.82, 2.24) is 4.90 Å². The van der Waals surface area contributed by atoms with Gasteiger partial charge in [-0.15, -0.1) is 11.3 Å². The Morgan fingerprint density at radius 3 is 2.83 bits per heavy atom. The van der Waals surface area contributed by atoms with E-state index in [1.807, 2.05) is 11.3 Å². The minimum Gasteiger partial charge on any atom is -0.494 e. The number of aryl methyl sites for hydroxylation is 1. The van der Waals surface area contributed by atoms with Crippen LogP contribution in [-0.4, -0.2) is 44.2 Å². The van der Waals surface area contributed by atoms with Gasteiger partial charge in [-0.3, -0.25) is 4.90 Å². The first-order valence-corrected chi connectivity index (χ1v) is 12.1. The summed E-state index contributed by atoms with van der Waals surface area (Å²) in [6.45, 7) is 6.53. The lowest BCUT2D eigenvalue weighted by molar-refractivity contribution is 0.238. The zero-order valence-electron chi connectivity index (χ0n) is 17.6. The highest BCUT2D eigenvalue weighted by Gasteiger charge is 2.18. The zero-order valence-corrected chi connectivity index (χ0v) is 18.4. The van der Waals surface area contributed by atoms with E-state index < -0.39 is 0 Å². The molecule has 0 bridgehead atoms. The van der Waals surface area contributed by atoms with Crippen molar-refractivity contribution in [2.45, 2.75) is 25.7 Å². The van der Waals surface area contributed by atoms with Crippen LogP contribution in [0.2, 0.25) is 0 Å². The number of thiophene rings is 1. The molecule has 3 aromatic rings. The SMILES string of the molecule is C1=Cc2ccc(OCCCCN3CCN(c4cccc5sccc45)CC3)cc2CC1. The fraction of sp³-hybridized carbons (Fsp3) is 0.385. The van der Waals surface area contributed by atoms with Gasteiger partial charge in [-0.05, 0) is 79.1 Å². The Hall–Kier alpha value is -2.30. The maximum absolute atomic E-state index is 6.02. The summed E-state index contributed by atoms with van der Waals surface area (Å²) >= 11 is 1.83. The van der Waals surface area contributed by atoms with Gasteiger partial charge in [0.1, 0.15) is 5.75 Å². The van der Waals surface area contributed by atoms with Crippen LogP contribution in [0.15, 0.2) is 53.9 Å². The summed E-state index contributed by atoms with van der Waals surface area (Å²) in [5.74, 6) is 1.03. The van der Waals surface area contributed by atoms with Crippen LogP contribution in [0.3, 0.4) is 0 Å². The Morgan fingerprint density at radius 1 is 0.967 bits per heavy atom. The second-order valence-corrected chi connectivity index (χ2v) is 9.24. The van der Waals surface area contributed by atoms with Gasteiger partial charge < -0.3 is 9.64 Å². The molecule has 3 nitrogen and oxygen atoms in total. The monoisotopic (exact) mass is 418 g/mol. The standard InChI is InChI=1S/C26H30N2OS/c1-2-7-22-20-23(11-10-21(22)6-1)29-18-4-3-13-27-14-16-28(17-15-27)25-8-5-9-26-24(25)12-19-30-26/h1,5-6,8-12,19-20H,2-4,7,13-18H2. The molecule has 1 aromatic heterocycles. The van der Waals surface area contributed by atoms with Gasteiger partial charge >= 0.3 is 0 Å². The van der Waals surface area contributed by atoms with Crippen LogP contribution < -0.4 is 9.64 Å². The molecule has 156 valence electrons. The number of ether oxygens (including phenoxy) is 1. The minimum atomic E-state index is 0.814. The van der Waals surface area contributed by atoms with E-state index in [0.29, 0.717) is 0 Å². The van der Waals surface area contributed by atoms with Gasteiger partial charge in [-0.2, -0.15) is 0 Å². The summed E-state index contributed by atoms with van der Waals surface area (Å²) in [5.41, 5.74) is 4.18. The summed E-state index contributed by atoms with van der Waals surface area (Å²) in [5, 5.41) is 3.61. The van der Waals surface area contributed by atoms with Crippen molar-refractivity contribution in [3.8, 4) is 5.75 Å². The highest BCUT2D eigenvalue weighted by Crippen LogP contribution is 2.31. The van der Waals surface area contributed by atoms with Gasteiger partial charge in [0.25, 0.3) is 0 Å². The summed E-state index contributed by atoms with van der Waals surface area (Å²) in [7, 11) is 0. The molecule has 0 radical (unpaired) electrons. The Kier molecular flexibility index (Phi) is 6.05. The van der Waals surface area contributed by atoms with E-state index in [0.717, 1.165) is 57.8 Å². The third-order valence-electron chi connectivity index (χ3n) is 6.32. The maximum Gasteiger partial charge on any atom is 0.119 e. The fourth-order valence-corrected chi connectivity index (χ4v) is 5.40. The zero-order chi connectivity index (χ0) is 20.2. The van der Waals surface area contributed by atoms with Gasteiger partial charge in [0.05, 0.1) is 6.61 Å². The molecule has 0 unspecified atom stereocenters. The largest absolute Gasteiger partial charge is 0.494 e. The molecule has 0 saturated carbocycles. The number of unbranched alkanes of at least 4 members (excludes halogenated alkanes) is 1. The number of anilines is 1. The van der Waals surface area contributed by atoms with Crippen molar-refractivity contribution in [3.63, 3.8) is 0 Å². The quantitative estimate of drug-likeness (QED) is 0.448. The number of piperazine rings is 1. The molecule has 1 saturated heterocycles. The average Bonchev–Trinajstić information content (AvgIpc) is 3.28. The Bertz CT molecular complexity index is 1020. The molecule has 2 aliphatic rings. The molecule has 4 heteroatoms. The van der Waals surface area contributed by atoms with Gasteiger partial charge in [-0.25, -0.2) is 0 Å². The summed E-state index contributed by atoms with van der Waals surface area (Å²) in [6, 6.07) is 15.5.